The van der Waals surface area contributed by atoms with Crippen LogP contribution < -0.4 is 5.32 Å². The number of carbonyl (C=O) groups excluding carboxylic acids is 1. The van der Waals surface area contributed by atoms with Crippen LogP contribution in [0.2, 0.25) is 0 Å². The molecule has 3 nitrogen and oxygen atoms in total. The van der Waals surface area contributed by atoms with E-state index < -0.39 is 0 Å². The van der Waals surface area contributed by atoms with E-state index in [2.05, 4.69) is 11.6 Å². The first-order valence-electron chi connectivity index (χ1n) is 6.72. The predicted molar refractivity (Wildman–Crippen MR) is 82.0 cm³/mol. The molecule has 0 fully saturated rings. The van der Waals surface area contributed by atoms with Crippen LogP contribution in [0.5, 0.6) is 5.75 Å². The molecule has 0 unspecified atom stereocenters. The zero-order valence-corrected chi connectivity index (χ0v) is 12.6. The van der Waals surface area contributed by atoms with Crippen molar-refractivity contribution in [2.24, 2.45) is 0 Å². The molecule has 0 bridgehead atoms. The first-order valence-corrected chi connectivity index (χ1v) is 8.11. The molecule has 0 aromatic heterocycles. The Hall–Kier alpha value is -1.16. The van der Waals surface area contributed by atoms with Crippen LogP contribution in [0.25, 0.3) is 0 Å². The van der Waals surface area contributed by atoms with Gasteiger partial charge in [0.15, 0.2) is 0 Å². The van der Waals surface area contributed by atoms with E-state index in [0.717, 1.165) is 24.9 Å². The van der Waals surface area contributed by atoms with Gasteiger partial charge in [0.1, 0.15) is 5.75 Å². The van der Waals surface area contributed by atoms with Gasteiger partial charge in [0, 0.05) is 12.1 Å². The highest BCUT2D eigenvalue weighted by atomic mass is 32.2. The normalized spacial score (nSPS) is 10.4. The summed E-state index contributed by atoms with van der Waals surface area (Å²) in [7, 11) is 0. The first-order chi connectivity index (χ1) is 9.15. The smallest absolute Gasteiger partial charge is 0.251 e. The van der Waals surface area contributed by atoms with Crippen molar-refractivity contribution in [3.63, 3.8) is 0 Å². The van der Waals surface area contributed by atoms with Crippen molar-refractivity contribution in [1.82, 2.24) is 5.32 Å². The van der Waals surface area contributed by atoms with Crippen molar-refractivity contribution < 1.29 is 9.90 Å². The Balaban J connectivity index is 2.22. The molecule has 0 atom stereocenters. The van der Waals surface area contributed by atoms with Gasteiger partial charge in [-0.3, -0.25) is 4.79 Å². The lowest BCUT2D eigenvalue weighted by molar-refractivity contribution is 0.0953. The minimum atomic E-state index is -0.0628. The molecule has 106 valence electrons. The highest BCUT2D eigenvalue weighted by molar-refractivity contribution is 7.98. The first kappa shape index (κ1) is 15.9. The molecule has 1 aromatic carbocycles. The van der Waals surface area contributed by atoms with Crippen molar-refractivity contribution in [3.05, 3.63) is 29.3 Å². The number of hydrogen-bond donors (Lipinski definition) is 2. The Morgan fingerprint density at radius 3 is 2.68 bits per heavy atom. The number of benzene rings is 1. The van der Waals surface area contributed by atoms with E-state index in [1.165, 1.54) is 18.6 Å². The van der Waals surface area contributed by atoms with Gasteiger partial charge in [-0.1, -0.05) is 12.8 Å². The molecule has 0 radical (unpaired) electrons. The molecule has 0 spiro atoms. The standard InChI is InChI=1S/C15H23NO2S/c1-12-11-13(7-8-14(12)17)15(18)16-9-5-3-4-6-10-19-2/h7-8,11,17H,3-6,9-10H2,1-2H3,(H,16,18). The third-order valence-electron chi connectivity index (χ3n) is 3.02. The van der Waals surface area contributed by atoms with E-state index in [0.29, 0.717) is 5.56 Å². The molecule has 0 saturated carbocycles. The third-order valence-corrected chi connectivity index (χ3v) is 3.72. The Morgan fingerprint density at radius 2 is 2.00 bits per heavy atom. The topological polar surface area (TPSA) is 49.3 Å². The molecule has 19 heavy (non-hydrogen) atoms. The number of amides is 1. The number of rotatable bonds is 8. The number of aryl methyl sites for hydroxylation is 1. The number of unbranched alkanes of at least 4 members (excludes halogenated alkanes) is 3. The number of thioether (sulfide) groups is 1. The SMILES string of the molecule is CSCCCCCCNC(=O)c1ccc(O)c(C)c1. The lowest BCUT2D eigenvalue weighted by atomic mass is 10.1. The van der Waals surface area contributed by atoms with Crippen LogP contribution in [-0.2, 0) is 0 Å². The predicted octanol–water partition coefficient (Wildman–Crippen LogP) is 3.35. The Labute approximate surface area is 119 Å². The van der Waals surface area contributed by atoms with Crippen LogP contribution in [0.4, 0.5) is 0 Å². The Bertz CT molecular complexity index is 407. The summed E-state index contributed by atoms with van der Waals surface area (Å²) in [5, 5.41) is 12.3. The fourth-order valence-electron chi connectivity index (χ4n) is 1.83. The van der Waals surface area contributed by atoms with Crippen LogP contribution in [0.1, 0.15) is 41.6 Å². The van der Waals surface area contributed by atoms with Gasteiger partial charge < -0.3 is 10.4 Å². The number of hydrogen-bond acceptors (Lipinski definition) is 3. The zero-order valence-electron chi connectivity index (χ0n) is 11.7. The highest BCUT2D eigenvalue weighted by Gasteiger charge is 2.06. The summed E-state index contributed by atoms with van der Waals surface area (Å²) < 4.78 is 0. The number of nitrogens with one attached hydrogen (secondary N) is 1. The summed E-state index contributed by atoms with van der Waals surface area (Å²) in [6, 6.07) is 4.92. The van der Waals surface area contributed by atoms with E-state index in [4.69, 9.17) is 0 Å². The average molecular weight is 281 g/mol. The highest BCUT2D eigenvalue weighted by Crippen LogP contribution is 2.16. The minimum Gasteiger partial charge on any atom is -0.508 e. The third kappa shape index (κ3) is 6.01. The lowest BCUT2D eigenvalue weighted by Gasteiger charge is -2.06. The summed E-state index contributed by atoms with van der Waals surface area (Å²) in [6.45, 7) is 2.51. The van der Waals surface area contributed by atoms with E-state index in [9.17, 15) is 9.90 Å². The van der Waals surface area contributed by atoms with E-state index in [-0.39, 0.29) is 11.7 Å². The molecule has 1 amide bonds. The number of carbonyl (C=O) groups is 1. The molecule has 2 N–H and O–H groups in total. The van der Waals surface area contributed by atoms with E-state index in [1.54, 1.807) is 25.1 Å². The molecule has 0 aliphatic heterocycles. The quantitative estimate of drug-likeness (QED) is 0.718. The summed E-state index contributed by atoms with van der Waals surface area (Å²) >= 11 is 1.88. The van der Waals surface area contributed by atoms with Crippen LogP contribution in [0.3, 0.4) is 0 Å². The second kappa shape index (κ2) is 8.86. The van der Waals surface area contributed by atoms with Gasteiger partial charge in [0.2, 0.25) is 0 Å². The van der Waals surface area contributed by atoms with Crippen molar-refractivity contribution >= 4 is 17.7 Å². The number of phenolic OH excluding ortho intramolecular Hbond substituents is 1. The molecule has 4 heteroatoms. The lowest BCUT2D eigenvalue weighted by Crippen LogP contribution is -2.24. The summed E-state index contributed by atoms with van der Waals surface area (Å²) in [5.74, 6) is 1.39. The van der Waals surface area contributed by atoms with Gasteiger partial charge in [0.25, 0.3) is 5.91 Å². The molecular weight excluding hydrogens is 258 g/mol. The Morgan fingerprint density at radius 1 is 1.26 bits per heavy atom. The van der Waals surface area contributed by atoms with Crippen molar-refractivity contribution in [2.45, 2.75) is 32.6 Å². The number of phenols is 1. The maximum absolute atomic E-state index is 11.8. The second-order valence-electron chi connectivity index (χ2n) is 4.66. The molecule has 0 aliphatic carbocycles. The zero-order chi connectivity index (χ0) is 14.1. The van der Waals surface area contributed by atoms with Crippen LogP contribution >= 0.6 is 11.8 Å². The largest absolute Gasteiger partial charge is 0.508 e. The molecular formula is C15H23NO2S. The van der Waals surface area contributed by atoms with Gasteiger partial charge in [-0.2, -0.15) is 11.8 Å². The number of aromatic hydroxyl groups is 1. The summed E-state index contributed by atoms with van der Waals surface area (Å²) in [4.78, 5) is 11.8. The van der Waals surface area contributed by atoms with Crippen LogP contribution in [-0.4, -0.2) is 29.6 Å². The fraction of sp³-hybridized carbons (Fsp3) is 0.533. The fourth-order valence-corrected chi connectivity index (χ4v) is 2.32. The van der Waals surface area contributed by atoms with Gasteiger partial charge in [-0.25, -0.2) is 0 Å². The maximum Gasteiger partial charge on any atom is 0.251 e. The van der Waals surface area contributed by atoms with Crippen molar-refractivity contribution in [2.75, 3.05) is 18.6 Å². The van der Waals surface area contributed by atoms with Gasteiger partial charge in [0.05, 0.1) is 0 Å². The van der Waals surface area contributed by atoms with Crippen LogP contribution in [0, 0.1) is 6.92 Å². The average Bonchev–Trinajstić information content (AvgIpc) is 2.40. The minimum absolute atomic E-state index is 0.0628. The van der Waals surface area contributed by atoms with Crippen molar-refractivity contribution in [1.29, 1.82) is 0 Å². The van der Waals surface area contributed by atoms with Gasteiger partial charge in [-0.15, -0.1) is 0 Å². The van der Waals surface area contributed by atoms with Crippen LogP contribution in [0.15, 0.2) is 18.2 Å². The molecule has 1 aromatic rings. The van der Waals surface area contributed by atoms with Gasteiger partial charge in [-0.05, 0) is 55.5 Å². The molecule has 0 aliphatic rings. The summed E-state index contributed by atoms with van der Waals surface area (Å²) in [6.07, 6.45) is 6.80. The van der Waals surface area contributed by atoms with E-state index >= 15 is 0 Å². The van der Waals surface area contributed by atoms with Crippen molar-refractivity contribution in [3.8, 4) is 5.75 Å². The summed E-state index contributed by atoms with van der Waals surface area (Å²) in [5.41, 5.74) is 1.34. The Kier molecular flexibility index (Phi) is 7.41. The molecule has 1 rings (SSSR count). The molecule has 0 heterocycles. The molecule has 0 saturated heterocycles. The maximum atomic E-state index is 11.8. The monoisotopic (exact) mass is 281 g/mol. The van der Waals surface area contributed by atoms with Gasteiger partial charge >= 0.3 is 0 Å². The second-order valence-corrected chi connectivity index (χ2v) is 5.65. The van der Waals surface area contributed by atoms with E-state index in [1.807, 2.05) is 11.8 Å².